The molecule has 0 unspecified atom stereocenters. The molecular weight excluding hydrogens is 216 g/mol. The summed E-state index contributed by atoms with van der Waals surface area (Å²) >= 11 is 4.04. The van der Waals surface area contributed by atoms with E-state index in [9.17, 15) is 9.90 Å². The van der Waals surface area contributed by atoms with Gasteiger partial charge in [-0.2, -0.15) is 12.6 Å². The molecule has 5 nitrogen and oxygen atoms in total. The Morgan fingerprint density at radius 2 is 2.33 bits per heavy atom. The van der Waals surface area contributed by atoms with Crippen LogP contribution < -0.4 is 0 Å². The van der Waals surface area contributed by atoms with Gasteiger partial charge >= 0.3 is 5.97 Å². The topological polar surface area (TPSA) is 74.8 Å². The van der Waals surface area contributed by atoms with Gasteiger partial charge in [0.05, 0.1) is 0 Å². The van der Waals surface area contributed by atoms with Crippen LogP contribution in [0.5, 0.6) is 5.75 Å². The van der Waals surface area contributed by atoms with Gasteiger partial charge in [-0.3, -0.25) is 4.40 Å². The average molecular weight is 224 g/mol. The Labute approximate surface area is 90.4 Å². The van der Waals surface area contributed by atoms with Gasteiger partial charge in [0.25, 0.3) is 0 Å². The van der Waals surface area contributed by atoms with E-state index in [1.807, 2.05) is 0 Å². The molecule has 2 heterocycles. The van der Waals surface area contributed by atoms with Crippen LogP contribution in [0.4, 0.5) is 0 Å². The number of carbonyl (C=O) groups is 1. The minimum absolute atomic E-state index is 0.101. The molecule has 0 spiro atoms. The highest BCUT2D eigenvalue weighted by molar-refractivity contribution is 7.79. The van der Waals surface area contributed by atoms with Crippen molar-refractivity contribution < 1.29 is 15.0 Å². The predicted octanol–water partition coefficient (Wildman–Crippen LogP) is 1.17. The number of imidazole rings is 1. The second-order valence-electron chi connectivity index (χ2n) is 2.95. The zero-order chi connectivity index (χ0) is 11.0. The molecule has 0 aliphatic carbocycles. The number of carboxylic acid groups (broad SMARTS) is 1. The first-order valence-corrected chi connectivity index (χ1v) is 4.81. The molecular formula is C9H8N2O3S. The van der Waals surface area contributed by atoms with Crippen molar-refractivity contribution >= 4 is 24.1 Å². The number of hydrogen-bond acceptors (Lipinski definition) is 4. The maximum Gasteiger partial charge on any atom is 0.356 e. The minimum atomic E-state index is -1.16. The van der Waals surface area contributed by atoms with Crippen molar-refractivity contribution in [3.8, 4) is 5.75 Å². The van der Waals surface area contributed by atoms with Crippen LogP contribution in [0.2, 0.25) is 0 Å². The lowest BCUT2D eigenvalue weighted by Gasteiger charge is -1.99. The van der Waals surface area contributed by atoms with Gasteiger partial charge in [0.1, 0.15) is 17.1 Å². The highest BCUT2D eigenvalue weighted by Crippen LogP contribution is 2.23. The molecule has 0 atom stereocenters. The first-order chi connectivity index (χ1) is 7.15. The van der Waals surface area contributed by atoms with Crippen LogP contribution in [-0.2, 0) is 5.75 Å². The standard InChI is InChI=1S/C9H8N2O3S/c12-5-2-1-3-11-6(4-15)10-7(8(5)11)9(13)14/h1-3,12,15H,4H2,(H,13,14). The molecule has 6 heteroatoms. The fourth-order valence-corrected chi connectivity index (χ4v) is 1.67. The number of fused-ring (bicyclic) bond motifs is 1. The van der Waals surface area contributed by atoms with Crippen LogP contribution in [0.1, 0.15) is 16.3 Å². The van der Waals surface area contributed by atoms with E-state index in [-0.39, 0.29) is 17.0 Å². The summed E-state index contributed by atoms with van der Waals surface area (Å²) in [5, 5.41) is 18.5. The van der Waals surface area contributed by atoms with Gasteiger partial charge in [-0.25, -0.2) is 9.78 Å². The number of hydrogen-bond donors (Lipinski definition) is 3. The highest BCUT2D eigenvalue weighted by Gasteiger charge is 2.18. The number of aromatic hydroxyl groups is 1. The minimum Gasteiger partial charge on any atom is -0.506 e. The number of pyridine rings is 1. The Morgan fingerprint density at radius 3 is 2.93 bits per heavy atom. The van der Waals surface area contributed by atoms with E-state index < -0.39 is 5.97 Å². The summed E-state index contributed by atoms with van der Waals surface area (Å²) in [6.45, 7) is 0. The lowest BCUT2D eigenvalue weighted by Crippen LogP contribution is -1.97. The predicted molar refractivity (Wildman–Crippen MR) is 56.5 cm³/mol. The molecule has 0 aliphatic heterocycles. The summed E-state index contributed by atoms with van der Waals surface area (Å²) in [5.41, 5.74) is 0.0474. The number of carboxylic acids is 1. The van der Waals surface area contributed by atoms with Crippen molar-refractivity contribution in [2.45, 2.75) is 5.75 Å². The van der Waals surface area contributed by atoms with Gasteiger partial charge in [-0.1, -0.05) is 0 Å². The molecule has 0 aromatic carbocycles. The third kappa shape index (κ3) is 1.42. The number of thiol groups is 1. The van der Waals surface area contributed by atoms with Gasteiger partial charge in [0.15, 0.2) is 5.69 Å². The normalized spacial score (nSPS) is 10.7. The Hall–Kier alpha value is -1.69. The summed E-state index contributed by atoms with van der Waals surface area (Å²) in [6.07, 6.45) is 1.64. The van der Waals surface area contributed by atoms with Gasteiger partial charge in [0.2, 0.25) is 0 Å². The molecule has 2 rings (SSSR count). The van der Waals surface area contributed by atoms with Gasteiger partial charge in [-0.15, -0.1) is 0 Å². The summed E-state index contributed by atoms with van der Waals surface area (Å²) in [5.74, 6) is -0.475. The molecule has 0 radical (unpaired) electrons. The molecule has 0 saturated heterocycles. The monoisotopic (exact) mass is 224 g/mol. The van der Waals surface area contributed by atoms with Crippen LogP contribution in [0.15, 0.2) is 18.3 Å². The van der Waals surface area contributed by atoms with Crippen molar-refractivity contribution in [1.29, 1.82) is 0 Å². The third-order valence-corrected chi connectivity index (χ3v) is 2.34. The van der Waals surface area contributed by atoms with Crippen LogP contribution in [0.25, 0.3) is 5.52 Å². The second-order valence-corrected chi connectivity index (χ2v) is 3.27. The lowest BCUT2D eigenvalue weighted by molar-refractivity contribution is 0.0693. The molecule has 0 amide bonds. The Bertz CT molecular complexity index is 535. The van der Waals surface area contributed by atoms with E-state index in [1.54, 1.807) is 12.3 Å². The first kappa shape index (κ1) is 9.85. The van der Waals surface area contributed by atoms with Crippen LogP contribution in [-0.4, -0.2) is 25.6 Å². The number of aromatic carboxylic acids is 1. The Balaban J connectivity index is 2.88. The zero-order valence-electron chi connectivity index (χ0n) is 7.58. The maximum absolute atomic E-state index is 10.9. The fourth-order valence-electron chi connectivity index (χ4n) is 1.44. The van der Waals surface area contributed by atoms with Crippen LogP contribution >= 0.6 is 12.6 Å². The SMILES string of the molecule is O=C(O)c1nc(CS)n2cccc(O)c12. The molecule has 15 heavy (non-hydrogen) atoms. The van der Waals surface area contributed by atoms with Crippen molar-refractivity contribution in [1.82, 2.24) is 9.38 Å². The van der Waals surface area contributed by atoms with E-state index in [0.29, 0.717) is 11.6 Å². The van der Waals surface area contributed by atoms with Gasteiger partial charge in [0, 0.05) is 11.9 Å². The number of aromatic nitrogens is 2. The average Bonchev–Trinajstić information content (AvgIpc) is 2.58. The lowest BCUT2D eigenvalue weighted by atomic mass is 10.3. The molecule has 78 valence electrons. The molecule has 0 bridgehead atoms. The first-order valence-electron chi connectivity index (χ1n) is 4.18. The molecule has 0 saturated carbocycles. The Kier molecular flexibility index (Phi) is 2.28. The summed E-state index contributed by atoms with van der Waals surface area (Å²) in [7, 11) is 0. The van der Waals surface area contributed by atoms with E-state index >= 15 is 0 Å². The Morgan fingerprint density at radius 1 is 1.60 bits per heavy atom. The number of rotatable bonds is 2. The van der Waals surface area contributed by atoms with Gasteiger partial charge < -0.3 is 10.2 Å². The van der Waals surface area contributed by atoms with Crippen molar-refractivity contribution in [3.63, 3.8) is 0 Å². The highest BCUT2D eigenvalue weighted by atomic mass is 32.1. The zero-order valence-corrected chi connectivity index (χ0v) is 8.48. The second kappa shape index (κ2) is 3.47. The van der Waals surface area contributed by atoms with E-state index in [1.165, 1.54) is 10.5 Å². The van der Waals surface area contributed by atoms with Crippen molar-refractivity contribution in [3.05, 3.63) is 29.8 Å². The molecule has 0 fully saturated rings. The molecule has 0 aliphatic rings. The van der Waals surface area contributed by atoms with Crippen LogP contribution in [0, 0.1) is 0 Å². The summed E-state index contributed by atoms with van der Waals surface area (Å²) in [6, 6.07) is 3.04. The smallest absolute Gasteiger partial charge is 0.356 e. The maximum atomic E-state index is 10.9. The molecule has 2 aromatic heterocycles. The summed E-state index contributed by atoms with van der Waals surface area (Å²) < 4.78 is 1.52. The molecule has 2 N–H and O–H groups in total. The fraction of sp³-hybridized carbons (Fsp3) is 0.111. The largest absolute Gasteiger partial charge is 0.506 e. The van der Waals surface area contributed by atoms with Gasteiger partial charge in [-0.05, 0) is 12.1 Å². The number of nitrogens with zero attached hydrogens (tertiary/aromatic N) is 2. The van der Waals surface area contributed by atoms with E-state index in [4.69, 9.17) is 5.11 Å². The third-order valence-electron chi connectivity index (χ3n) is 2.06. The quantitative estimate of drug-likeness (QED) is 0.669. The summed E-state index contributed by atoms with van der Waals surface area (Å²) in [4.78, 5) is 14.8. The van der Waals surface area contributed by atoms with E-state index in [0.717, 1.165) is 0 Å². The molecule has 2 aromatic rings. The van der Waals surface area contributed by atoms with E-state index in [2.05, 4.69) is 17.6 Å². The van der Waals surface area contributed by atoms with Crippen molar-refractivity contribution in [2.75, 3.05) is 0 Å². The van der Waals surface area contributed by atoms with Crippen LogP contribution in [0.3, 0.4) is 0 Å². The van der Waals surface area contributed by atoms with Crippen molar-refractivity contribution in [2.24, 2.45) is 0 Å².